The lowest BCUT2D eigenvalue weighted by molar-refractivity contribution is -0.137. The second-order valence-electron chi connectivity index (χ2n) is 3.71. The summed E-state index contributed by atoms with van der Waals surface area (Å²) in [5.74, 6) is -0.766. The Morgan fingerprint density at radius 1 is 1.71 bits per heavy atom. The molecule has 0 aliphatic carbocycles. The third-order valence-electron chi connectivity index (χ3n) is 2.36. The normalized spacial score (nSPS) is 23.6. The molecule has 0 aromatic heterocycles. The Kier molecular flexibility index (Phi) is 4.90. The lowest BCUT2D eigenvalue weighted by Gasteiger charge is -2.15. The topological polar surface area (TPSA) is 55.8 Å². The van der Waals surface area contributed by atoms with Crippen molar-refractivity contribution in [2.24, 2.45) is 0 Å². The molecule has 82 valence electrons. The number of aliphatic carboxylic acids is 1. The van der Waals surface area contributed by atoms with Crippen LogP contribution in [0.4, 0.5) is 0 Å². The minimum atomic E-state index is -0.766. The number of rotatable bonds is 6. The summed E-state index contributed by atoms with van der Waals surface area (Å²) in [6.07, 6.45) is 3.15. The van der Waals surface area contributed by atoms with Crippen LogP contribution < -0.4 is 0 Å². The molecule has 0 aromatic rings. The van der Waals surface area contributed by atoms with Crippen molar-refractivity contribution in [3.8, 4) is 0 Å². The second-order valence-corrected chi connectivity index (χ2v) is 3.71. The molecule has 0 bridgehead atoms. The Hall–Kier alpha value is -0.610. The van der Waals surface area contributed by atoms with Gasteiger partial charge in [0.2, 0.25) is 0 Å². The molecule has 1 N–H and O–H groups in total. The summed E-state index contributed by atoms with van der Waals surface area (Å²) in [4.78, 5) is 10.3. The first-order valence-electron chi connectivity index (χ1n) is 5.13. The van der Waals surface area contributed by atoms with E-state index in [0.29, 0.717) is 13.0 Å². The van der Waals surface area contributed by atoms with Crippen molar-refractivity contribution in [3.63, 3.8) is 0 Å². The zero-order chi connectivity index (χ0) is 10.4. The van der Waals surface area contributed by atoms with Crippen molar-refractivity contribution in [3.05, 3.63) is 0 Å². The van der Waals surface area contributed by atoms with Crippen molar-refractivity contribution in [1.82, 2.24) is 0 Å². The van der Waals surface area contributed by atoms with E-state index in [0.717, 1.165) is 19.4 Å². The highest BCUT2D eigenvalue weighted by molar-refractivity contribution is 5.66. The third kappa shape index (κ3) is 4.58. The molecule has 0 saturated carbocycles. The lowest BCUT2D eigenvalue weighted by atomic mass is 10.2. The number of carbonyl (C=O) groups is 1. The molecule has 1 fully saturated rings. The van der Waals surface area contributed by atoms with Crippen LogP contribution in [0.2, 0.25) is 0 Å². The number of carboxylic acids is 1. The van der Waals surface area contributed by atoms with Gasteiger partial charge >= 0.3 is 5.97 Å². The average molecular weight is 202 g/mol. The van der Waals surface area contributed by atoms with Crippen molar-refractivity contribution < 1.29 is 19.4 Å². The Morgan fingerprint density at radius 3 is 3.07 bits per heavy atom. The summed E-state index contributed by atoms with van der Waals surface area (Å²) in [5.41, 5.74) is 0. The van der Waals surface area contributed by atoms with E-state index < -0.39 is 5.97 Å². The summed E-state index contributed by atoms with van der Waals surface area (Å²) in [5, 5.41) is 8.46. The van der Waals surface area contributed by atoms with Crippen LogP contribution in [0.5, 0.6) is 0 Å². The van der Waals surface area contributed by atoms with Crippen LogP contribution in [-0.4, -0.2) is 36.5 Å². The van der Waals surface area contributed by atoms with E-state index >= 15 is 0 Å². The van der Waals surface area contributed by atoms with E-state index in [1.54, 1.807) is 0 Å². The Bertz CT molecular complexity index is 175. The maximum atomic E-state index is 10.3. The van der Waals surface area contributed by atoms with Gasteiger partial charge in [0.15, 0.2) is 0 Å². The molecule has 1 rings (SSSR count). The first-order valence-corrected chi connectivity index (χ1v) is 5.13. The summed E-state index contributed by atoms with van der Waals surface area (Å²) in [7, 11) is 0. The van der Waals surface area contributed by atoms with Gasteiger partial charge in [-0.2, -0.15) is 0 Å². The Balaban J connectivity index is 2.02. The molecule has 2 unspecified atom stereocenters. The SMILES string of the molecule is CC(CCC(=O)O)OCC1CCCO1. The van der Waals surface area contributed by atoms with Gasteiger partial charge in [0, 0.05) is 13.0 Å². The predicted molar refractivity (Wildman–Crippen MR) is 51.3 cm³/mol. The van der Waals surface area contributed by atoms with Crippen LogP contribution in [0, 0.1) is 0 Å². The third-order valence-corrected chi connectivity index (χ3v) is 2.36. The van der Waals surface area contributed by atoms with Crippen molar-refractivity contribution in [2.75, 3.05) is 13.2 Å². The molecule has 1 saturated heterocycles. The number of hydrogen-bond donors (Lipinski definition) is 1. The van der Waals surface area contributed by atoms with Crippen LogP contribution in [0.3, 0.4) is 0 Å². The maximum Gasteiger partial charge on any atom is 0.303 e. The molecule has 4 nitrogen and oxygen atoms in total. The predicted octanol–water partition coefficient (Wildman–Crippen LogP) is 1.44. The van der Waals surface area contributed by atoms with E-state index in [9.17, 15) is 4.79 Å². The number of carboxylic acid groups (broad SMARTS) is 1. The summed E-state index contributed by atoms with van der Waals surface area (Å²) >= 11 is 0. The molecule has 2 atom stereocenters. The highest BCUT2D eigenvalue weighted by Crippen LogP contribution is 2.13. The van der Waals surface area contributed by atoms with Gasteiger partial charge in [-0.3, -0.25) is 4.79 Å². The largest absolute Gasteiger partial charge is 0.481 e. The fraction of sp³-hybridized carbons (Fsp3) is 0.900. The van der Waals surface area contributed by atoms with Gasteiger partial charge in [-0.25, -0.2) is 0 Å². The number of hydrogen-bond acceptors (Lipinski definition) is 3. The van der Waals surface area contributed by atoms with E-state index in [-0.39, 0.29) is 18.6 Å². The molecule has 1 aliphatic heterocycles. The van der Waals surface area contributed by atoms with Gasteiger partial charge in [-0.1, -0.05) is 0 Å². The molecule has 0 amide bonds. The van der Waals surface area contributed by atoms with Crippen LogP contribution >= 0.6 is 0 Å². The summed E-state index contributed by atoms with van der Waals surface area (Å²) < 4.78 is 10.9. The molecule has 4 heteroatoms. The Labute approximate surface area is 84.2 Å². The summed E-state index contributed by atoms with van der Waals surface area (Å²) in [6.45, 7) is 3.33. The van der Waals surface area contributed by atoms with Gasteiger partial charge in [0.25, 0.3) is 0 Å². The van der Waals surface area contributed by atoms with Gasteiger partial charge in [-0.15, -0.1) is 0 Å². The van der Waals surface area contributed by atoms with Gasteiger partial charge in [0.05, 0.1) is 18.8 Å². The fourth-order valence-electron chi connectivity index (χ4n) is 1.46. The molecule has 0 spiro atoms. The standard InChI is InChI=1S/C10H18O4/c1-8(4-5-10(11)12)14-7-9-3-2-6-13-9/h8-9H,2-7H2,1H3,(H,11,12). The maximum absolute atomic E-state index is 10.3. The van der Waals surface area contributed by atoms with Gasteiger partial charge in [-0.05, 0) is 26.2 Å². The highest BCUT2D eigenvalue weighted by Gasteiger charge is 2.16. The molecule has 1 aliphatic rings. The molecule has 0 aromatic carbocycles. The van der Waals surface area contributed by atoms with Crippen molar-refractivity contribution in [2.45, 2.75) is 44.8 Å². The smallest absolute Gasteiger partial charge is 0.303 e. The van der Waals surface area contributed by atoms with E-state index in [1.165, 1.54) is 0 Å². The minimum Gasteiger partial charge on any atom is -0.481 e. The minimum absolute atomic E-state index is 0.00954. The quantitative estimate of drug-likeness (QED) is 0.708. The number of ether oxygens (including phenoxy) is 2. The fourth-order valence-corrected chi connectivity index (χ4v) is 1.46. The van der Waals surface area contributed by atoms with Gasteiger partial charge < -0.3 is 14.6 Å². The summed E-state index contributed by atoms with van der Waals surface area (Å²) in [6, 6.07) is 0. The van der Waals surface area contributed by atoms with Crippen LogP contribution in [0.15, 0.2) is 0 Å². The zero-order valence-corrected chi connectivity index (χ0v) is 8.57. The van der Waals surface area contributed by atoms with E-state index in [4.69, 9.17) is 14.6 Å². The van der Waals surface area contributed by atoms with Gasteiger partial charge in [0.1, 0.15) is 0 Å². The van der Waals surface area contributed by atoms with E-state index in [1.807, 2.05) is 6.92 Å². The highest BCUT2D eigenvalue weighted by atomic mass is 16.5. The average Bonchev–Trinajstić information content (AvgIpc) is 2.63. The second kappa shape index (κ2) is 5.98. The van der Waals surface area contributed by atoms with Crippen molar-refractivity contribution in [1.29, 1.82) is 0 Å². The van der Waals surface area contributed by atoms with Crippen LogP contribution in [-0.2, 0) is 14.3 Å². The zero-order valence-electron chi connectivity index (χ0n) is 8.57. The van der Waals surface area contributed by atoms with E-state index in [2.05, 4.69) is 0 Å². The van der Waals surface area contributed by atoms with Crippen LogP contribution in [0.25, 0.3) is 0 Å². The van der Waals surface area contributed by atoms with Crippen molar-refractivity contribution >= 4 is 5.97 Å². The molecule has 14 heavy (non-hydrogen) atoms. The first-order chi connectivity index (χ1) is 6.68. The van der Waals surface area contributed by atoms with Crippen LogP contribution in [0.1, 0.15) is 32.6 Å². The molecular weight excluding hydrogens is 184 g/mol. The lowest BCUT2D eigenvalue weighted by Crippen LogP contribution is -2.19. The monoisotopic (exact) mass is 202 g/mol. The molecular formula is C10H18O4. The first kappa shape index (κ1) is 11.5. The molecule has 1 heterocycles. The Morgan fingerprint density at radius 2 is 2.50 bits per heavy atom. The molecule has 0 radical (unpaired) electrons.